The maximum Gasteiger partial charge on any atom is 0.408 e. The molecule has 21 heavy (non-hydrogen) atoms. The SMILES string of the molecule is CC(C)(C)OC(=O)NC(CCSCC1CCOC1)C(=O)O. The number of hydrogen-bond acceptors (Lipinski definition) is 5. The van der Waals surface area contributed by atoms with Gasteiger partial charge in [0.1, 0.15) is 11.6 Å². The molecule has 0 aromatic carbocycles. The lowest BCUT2D eigenvalue weighted by Gasteiger charge is -2.22. The van der Waals surface area contributed by atoms with Gasteiger partial charge in [0.15, 0.2) is 0 Å². The van der Waals surface area contributed by atoms with Crippen molar-refractivity contribution in [2.45, 2.75) is 45.3 Å². The highest BCUT2D eigenvalue weighted by Gasteiger charge is 2.24. The molecule has 0 radical (unpaired) electrons. The highest BCUT2D eigenvalue weighted by Crippen LogP contribution is 2.19. The van der Waals surface area contributed by atoms with Gasteiger partial charge in [-0.15, -0.1) is 0 Å². The van der Waals surface area contributed by atoms with Crippen LogP contribution in [0.25, 0.3) is 0 Å². The number of alkyl carbamates (subject to hydrolysis) is 1. The highest BCUT2D eigenvalue weighted by molar-refractivity contribution is 7.99. The molecular weight excluding hydrogens is 294 g/mol. The molecule has 1 fully saturated rings. The third kappa shape index (κ3) is 8.16. The van der Waals surface area contributed by atoms with Crippen LogP contribution in [-0.2, 0) is 14.3 Å². The number of amides is 1. The Balaban J connectivity index is 2.25. The lowest BCUT2D eigenvalue weighted by molar-refractivity contribution is -0.139. The molecule has 0 aromatic rings. The number of ether oxygens (including phenoxy) is 2. The van der Waals surface area contributed by atoms with Crippen molar-refractivity contribution < 1.29 is 24.2 Å². The number of carboxylic acid groups (broad SMARTS) is 1. The average molecular weight is 319 g/mol. The lowest BCUT2D eigenvalue weighted by Crippen LogP contribution is -2.43. The van der Waals surface area contributed by atoms with Crippen molar-refractivity contribution in [2.75, 3.05) is 24.7 Å². The lowest BCUT2D eigenvalue weighted by atomic mass is 10.2. The van der Waals surface area contributed by atoms with E-state index in [-0.39, 0.29) is 0 Å². The van der Waals surface area contributed by atoms with Crippen LogP contribution in [0, 0.1) is 5.92 Å². The third-order valence-corrected chi connectivity index (χ3v) is 4.15. The number of aliphatic carboxylic acids is 1. The highest BCUT2D eigenvalue weighted by atomic mass is 32.2. The molecule has 0 aliphatic carbocycles. The summed E-state index contributed by atoms with van der Waals surface area (Å²) in [4.78, 5) is 22.7. The quantitative estimate of drug-likeness (QED) is 0.699. The van der Waals surface area contributed by atoms with Gasteiger partial charge in [-0.1, -0.05) is 0 Å². The maximum atomic E-state index is 11.6. The standard InChI is InChI=1S/C14H25NO5S/c1-14(2,3)20-13(18)15-11(12(16)17)5-7-21-9-10-4-6-19-8-10/h10-11H,4-9H2,1-3H3,(H,15,18)(H,16,17). The van der Waals surface area contributed by atoms with Crippen LogP contribution in [0.1, 0.15) is 33.6 Å². The fourth-order valence-electron chi connectivity index (χ4n) is 1.87. The summed E-state index contributed by atoms with van der Waals surface area (Å²) in [6, 6.07) is -0.910. The predicted molar refractivity (Wildman–Crippen MR) is 81.7 cm³/mol. The van der Waals surface area contributed by atoms with E-state index in [2.05, 4.69) is 5.32 Å². The topological polar surface area (TPSA) is 84.9 Å². The first-order chi connectivity index (χ1) is 9.78. The Morgan fingerprint density at radius 3 is 2.71 bits per heavy atom. The fourth-order valence-corrected chi connectivity index (χ4v) is 3.04. The van der Waals surface area contributed by atoms with Gasteiger partial charge in [0.2, 0.25) is 0 Å². The number of hydrogen-bond donors (Lipinski definition) is 2. The summed E-state index contributed by atoms with van der Waals surface area (Å²) in [7, 11) is 0. The van der Waals surface area contributed by atoms with E-state index in [1.54, 1.807) is 32.5 Å². The molecule has 2 N–H and O–H groups in total. The molecule has 122 valence electrons. The van der Waals surface area contributed by atoms with Gasteiger partial charge in [-0.3, -0.25) is 0 Å². The van der Waals surface area contributed by atoms with E-state index in [0.717, 1.165) is 25.4 Å². The second-order valence-corrected chi connectivity index (χ2v) is 7.28. The molecule has 2 atom stereocenters. The van der Waals surface area contributed by atoms with Gasteiger partial charge in [0.05, 0.1) is 6.61 Å². The molecular formula is C14H25NO5S. The molecule has 7 heteroatoms. The van der Waals surface area contributed by atoms with Gasteiger partial charge in [-0.2, -0.15) is 11.8 Å². The van der Waals surface area contributed by atoms with Crippen molar-refractivity contribution in [1.82, 2.24) is 5.32 Å². The summed E-state index contributed by atoms with van der Waals surface area (Å²) in [5.74, 6) is 1.19. The Bertz CT molecular complexity index is 350. The molecule has 6 nitrogen and oxygen atoms in total. The van der Waals surface area contributed by atoms with Gasteiger partial charge in [-0.25, -0.2) is 9.59 Å². The second-order valence-electron chi connectivity index (χ2n) is 6.13. The van der Waals surface area contributed by atoms with Crippen LogP contribution in [-0.4, -0.2) is 53.5 Å². The van der Waals surface area contributed by atoms with Crippen molar-refractivity contribution in [1.29, 1.82) is 0 Å². The van der Waals surface area contributed by atoms with Crippen LogP contribution in [0.2, 0.25) is 0 Å². The summed E-state index contributed by atoms with van der Waals surface area (Å²) in [5, 5.41) is 11.5. The van der Waals surface area contributed by atoms with E-state index in [9.17, 15) is 9.59 Å². The van der Waals surface area contributed by atoms with Crippen molar-refractivity contribution in [3.63, 3.8) is 0 Å². The summed E-state index contributed by atoms with van der Waals surface area (Å²) < 4.78 is 10.4. The van der Waals surface area contributed by atoms with Crippen LogP contribution in [0.3, 0.4) is 0 Å². The summed E-state index contributed by atoms with van der Waals surface area (Å²) >= 11 is 1.70. The average Bonchev–Trinajstić information content (AvgIpc) is 2.83. The van der Waals surface area contributed by atoms with E-state index < -0.39 is 23.7 Å². The van der Waals surface area contributed by atoms with E-state index >= 15 is 0 Å². The first-order valence-corrected chi connectivity index (χ1v) is 8.31. The third-order valence-electron chi connectivity index (χ3n) is 2.92. The van der Waals surface area contributed by atoms with Gasteiger partial charge >= 0.3 is 12.1 Å². The van der Waals surface area contributed by atoms with Crippen LogP contribution in [0.4, 0.5) is 4.79 Å². The number of carboxylic acids is 1. The summed E-state index contributed by atoms with van der Waals surface area (Å²) in [6.45, 7) is 6.83. The fraction of sp³-hybridized carbons (Fsp3) is 0.857. The number of nitrogens with one attached hydrogen (secondary N) is 1. The molecule has 1 heterocycles. The monoisotopic (exact) mass is 319 g/mol. The minimum atomic E-state index is -1.04. The Hall–Kier alpha value is -0.950. The van der Waals surface area contributed by atoms with Gasteiger partial charge < -0.3 is 19.9 Å². The van der Waals surface area contributed by atoms with Crippen molar-refractivity contribution >= 4 is 23.8 Å². The molecule has 2 unspecified atom stereocenters. The molecule has 0 bridgehead atoms. The van der Waals surface area contributed by atoms with Gasteiger partial charge in [0, 0.05) is 6.61 Å². The maximum absolute atomic E-state index is 11.6. The molecule has 1 amide bonds. The molecule has 0 aromatic heterocycles. The zero-order valence-electron chi connectivity index (χ0n) is 12.9. The van der Waals surface area contributed by atoms with Crippen molar-refractivity contribution in [3.8, 4) is 0 Å². The summed E-state index contributed by atoms with van der Waals surface area (Å²) in [6.07, 6.45) is 0.766. The molecule has 1 aliphatic heterocycles. The Labute approximate surface area is 129 Å². The number of carbonyl (C=O) groups excluding carboxylic acids is 1. The van der Waals surface area contributed by atoms with Crippen molar-refractivity contribution in [2.24, 2.45) is 5.92 Å². The number of rotatable bonds is 7. The molecule has 0 spiro atoms. The first-order valence-electron chi connectivity index (χ1n) is 7.16. The van der Waals surface area contributed by atoms with E-state index in [4.69, 9.17) is 14.6 Å². The van der Waals surface area contributed by atoms with Crippen LogP contribution in [0.5, 0.6) is 0 Å². The zero-order valence-corrected chi connectivity index (χ0v) is 13.7. The van der Waals surface area contributed by atoms with Crippen LogP contribution in [0.15, 0.2) is 0 Å². The number of thioether (sulfide) groups is 1. The van der Waals surface area contributed by atoms with Crippen molar-refractivity contribution in [3.05, 3.63) is 0 Å². The molecule has 1 aliphatic rings. The molecule has 0 saturated carbocycles. The minimum absolute atomic E-state index is 0.382. The van der Waals surface area contributed by atoms with E-state index in [0.29, 0.717) is 18.1 Å². The Morgan fingerprint density at radius 2 is 2.19 bits per heavy atom. The minimum Gasteiger partial charge on any atom is -0.480 e. The number of carbonyl (C=O) groups is 2. The van der Waals surface area contributed by atoms with E-state index in [1.165, 1.54) is 0 Å². The normalized spacial score (nSPS) is 20.0. The summed E-state index contributed by atoms with van der Waals surface area (Å²) in [5.41, 5.74) is -0.635. The predicted octanol–water partition coefficient (Wildman–Crippen LogP) is 2.12. The second kappa shape index (κ2) is 8.48. The van der Waals surface area contributed by atoms with Gasteiger partial charge in [0.25, 0.3) is 0 Å². The first kappa shape index (κ1) is 18.1. The van der Waals surface area contributed by atoms with Gasteiger partial charge in [-0.05, 0) is 51.0 Å². The zero-order chi connectivity index (χ0) is 15.9. The van der Waals surface area contributed by atoms with Crippen LogP contribution < -0.4 is 5.32 Å². The molecule has 1 rings (SSSR count). The molecule has 1 saturated heterocycles. The van der Waals surface area contributed by atoms with E-state index in [1.807, 2.05) is 0 Å². The Kier molecular flexibility index (Phi) is 7.31. The smallest absolute Gasteiger partial charge is 0.408 e. The largest absolute Gasteiger partial charge is 0.480 e. The van der Waals surface area contributed by atoms with Crippen LogP contribution >= 0.6 is 11.8 Å². The Morgan fingerprint density at radius 1 is 1.48 bits per heavy atom.